The van der Waals surface area contributed by atoms with E-state index < -0.39 is 11.8 Å². The van der Waals surface area contributed by atoms with E-state index in [1.54, 1.807) is 4.90 Å². The third kappa shape index (κ3) is 3.63. The largest absolute Gasteiger partial charge is 0.353 e. The Labute approximate surface area is 156 Å². The maximum atomic E-state index is 13.4. The molecule has 1 saturated carbocycles. The normalized spacial score (nSPS) is 28.6. The Morgan fingerprint density at radius 3 is 2.58 bits per heavy atom. The molecule has 1 saturated heterocycles. The van der Waals surface area contributed by atoms with Crippen LogP contribution in [0.1, 0.15) is 62.4 Å². The highest BCUT2D eigenvalue weighted by atomic mass is 16.5. The van der Waals surface area contributed by atoms with Gasteiger partial charge in [0.15, 0.2) is 0 Å². The minimum absolute atomic E-state index is 0.0290. The van der Waals surface area contributed by atoms with Crippen LogP contribution in [0.4, 0.5) is 0 Å². The van der Waals surface area contributed by atoms with E-state index in [4.69, 9.17) is 4.74 Å². The van der Waals surface area contributed by atoms with Gasteiger partial charge in [0.25, 0.3) is 5.91 Å². The smallest absolute Gasteiger partial charge is 0.256 e. The van der Waals surface area contributed by atoms with Gasteiger partial charge in [-0.25, -0.2) is 0 Å². The highest BCUT2D eigenvalue weighted by Crippen LogP contribution is 2.43. The molecule has 5 heteroatoms. The lowest BCUT2D eigenvalue weighted by Crippen LogP contribution is -2.57. The summed E-state index contributed by atoms with van der Waals surface area (Å²) in [4.78, 5) is 27.9. The Bertz CT molecular complexity index is 678. The first-order valence-corrected chi connectivity index (χ1v) is 9.67. The van der Waals surface area contributed by atoms with Gasteiger partial charge in [-0.1, -0.05) is 24.6 Å². The standard InChI is InChI=1S/C21H30N2O3/c1-14(2)22-19(24)18-13-26-21(10-8-15(3)9-11-21)23(18)20(25)17-7-5-6-16(4)12-17/h5-7,12,14-15,18H,8-11,13H2,1-4H3,(H,22,24)/t15?,18-,21?/m0/s1. The Morgan fingerprint density at radius 2 is 1.96 bits per heavy atom. The fourth-order valence-electron chi connectivity index (χ4n) is 4.08. The second-order valence-corrected chi connectivity index (χ2v) is 8.16. The van der Waals surface area contributed by atoms with Crippen molar-refractivity contribution in [2.45, 2.75) is 71.2 Å². The van der Waals surface area contributed by atoms with Crippen LogP contribution in [-0.4, -0.2) is 41.1 Å². The molecular formula is C21H30N2O3. The summed E-state index contributed by atoms with van der Waals surface area (Å²) >= 11 is 0. The lowest BCUT2D eigenvalue weighted by Gasteiger charge is -2.43. The fraction of sp³-hybridized carbons (Fsp3) is 0.619. The van der Waals surface area contributed by atoms with Gasteiger partial charge >= 0.3 is 0 Å². The van der Waals surface area contributed by atoms with Gasteiger partial charge in [-0.3, -0.25) is 14.5 Å². The quantitative estimate of drug-likeness (QED) is 0.902. The molecule has 1 atom stereocenters. The highest BCUT2D eigenvalue weighted by molar-refractivity contribution is 5.98. The maximum absolute atomic E-state index is 13.4. The first-order valence-electron chi connectivity index (χ1n) is 9.67. The van der Waals surface area contributed by atoms with Gasteiger partial charge < -0.3 is 10.1 Å². The molecule has 1 aromatic carbocycles. The van der Waals surface area contributed by atoms with E-state index in [1.807, 2.05) is 45.0 Å². The first-order chi connectivity index (χ1) is 12.3. The SMILES string of the molecule is Cc1cccc(C(=O)N2[C@H](C(=O)NC(C)C)COC23CCC(C)CC3)c1. The second-order valence-electron chi connectivity index (χ2n) is 8.16. The average molecular weight is 358 g/mol. The highest BCUT2D eigenvalue weighted by Gasteiger charge is 2.53. The molecule has 1 spiro atoms. The monoisotopic (exact) mass is 358 g/mol. The number of carbonyl (C=O) groups is 2. The molecule has 5 nitrogen and oxygen atoms in total. The Morgan fingerprint density at radius 1 is 1.27 bits per heavy atom. The van der Waals surface area contributed by atoms with E-state index in [1.165, 1.54) is 0 Å². The maximum Gasteiger partial charge on any atom is 0.256 e. The van der Waals surface area contributed by atoms with E-state index in [-0.39, 0.29) is 24.5 Å². The van der Waals surface area contributed by atoms with Gasteiger partial charge in [0.1, 0.15) is 11.8 Å². The van der Waals surface area contributed by atoms with Crippen molar-refractivity contribution in [3.63, 3.8) is 0 Å². The molecule has 1 aliphatic heterocycles. The number of nitrogens with zero attached hydrogens (tertiary/aromatic N) is 1. The summed E-state index contributed by atoms with van der Waals surface area (Å²) < 4.78 is 6.17. The molecule has 0 radical (unpaired) electrons. The summed E-state index contributed by atoms with van der Waals surface area (Å²) in [6, 6.07) is 7.03. The molecule has 3 rings (SSSR count). The van der Waals surface area contributed by atoms with Crippen LogP contribution in [0.2, 0.25) is 0 Å². The molecule has 1 heterocycles. The molecule has 2 fully saturated rings. The van der Waals surface area contributed by atoms with Gasteiger partial charge in [-0.05, 0) is 64.5 Å². The summed E-state index contributed by atoms with van der Waals surface area (Å²) in [5.74, 6) is 0.393. The molecule has 2 aliphatic rings. The zero-order valence-corrected chi connectivity index (χ0v) is 16.2. The van der Waals surface area contributed by atoms with Crippen LogP contribution in [0.5, 0.6) is 0 Å². The van der Waals surface area contributed by atoms with Crippen LogP contribution in [-0.2, 0) is 9.53 Å². The molecule has 1 aliphatic carbocycles. The predicted octanol–water partition coefficient (Wildman–Crippen LogP) is 3.27. The van der Waals surface area contributed by atoms with Crippen molar-refractivity contribution in [3.05, 3.63) is 35.4 Å². The average Bonchev–Trinajstić information content (AvgIpc) is 2.95. The summed E-state index contributed by atoms with van der Waals surface area (Å²) in [5.41, 5.74) is 1.01. The van der Waals surface area contributed by atoms with Crippen molar-refractivity contribution in [1.29, 1.82) is 0 Å². The number of ether oxygens (including phenoxy) is 1. The van der Waals surface area contributed by atoms with Gasteiger partial charge in [0.05, 0.1) is 6.61 Å². The van der Waals surface area contributed by atoms with Gasteiger partial charge in [0, 0.05) is 11.6 Å². The van der Waals surface area contributed by atoms with E-state index in [0.29, 0.717) is 11.5 Å². The minimum Gasteiger partial charge on any atom is -0.353 e. The summed E-state index contributed by atoms with van der Waals surface area (Å²) in [7, 11) is 0. The van der Waals surface area contributed by atoms with Crippen LogP contribution >= 0.6 is 0 Å². The number of hydrogen-bond donors (Lipinski definition) is 1. The molecular weight excluding hydrogens is 328 g/mol. The van der Waals surface area contributed by atoms with Crippen LogP contribution in [0.25, 0.3) is 0 Å². The van der Waals surface area contributed by atoms with Crippen molar-refractivity contribution >= 4 is 11.8 Å². The van der Waals surface area contributed by atoms with Gasteiger partial charge in [0.2, 0.25) is 5.91 Å². The van der Waals surface area contributed by atoms with E-state index >= 15 is 0 Å². The van der Waals surface area contributed by atoms with Gasteiger partial charge in [-0.15, -0.1) is 0 Å². The number of nitrogens with one attached hydrogen (secondary N) is 1. The van der Waals surface area contributed by atoms with Crippen molar-refractivity contribution in [1.82, 2.24) is 10.2 Å². The second kappa shape index (κ2) is 7.39. The van der Waals surface area contributed by atoms with Crippen LogP contribution in [0.15, 0.2) is 24.3 Å². The van der Waals surface area contributed by atoms with Crippen molar-refractivity contribution in [2.75, 3.05) is 6.61 Å². The lowest BCUT2D eigenvalue weighted by atomic mass is 9.83. The van der Waals surface area contributed by atoms with E-state index in [2.05, 4.69) is 12.2 Å². The minimum atomic E-state index is -0.647. The number of hydrogen-bond acceptors (Lipinski definition) is 3. The molecule has 0 unspecified atom stereocenters. The van der Waals surface area contributed by atoms with Crippen LogP contribution < -0.4 is 5.32 Å². The summed E-state index contributed by atoms with van der Waals surface area (Å²) in [5, 5.41) is 2.95. The Balaban J connectivity index is 1.94. The number of rotatable bonds is 3. The fourth-order valence-corrected chi connectivity index (χ4v) is 4.08. The number of benzene rings is 1. The van der Waals surface area contributed by atoms with Crippen molar-refractivity contribution in [2.24, 2.45) is 5.92 Å². The molecule has 26 heavy (non-hydrogen) atoms. The molecule has 0 bridgehead atoms. The lowest BCUT2D eigenvalue weighted by molar-refractivity contribution is -0.128. The van der Waals surface area contributed by atoms with Crippen LogP contribution in [0.3, 0.4) is 0 Å². The Hall–Kier alpha value is -1.88. The first kappa shape index (κ1) is 18.9. The van der Waals surface area contributed by atoms with Gasteiger partial charge in [-0.2, -0.15) is 0 Å². The Kier molecular flexibility index (Phi) is 5.37. The third-order valence-electron chi connectivity index (χ3n) is 5.53. The third-order valence-corrected chi connectivity index (χ3v) is 5.53. The molecule has 0 aromatic heterocycles. The van der Waals surface area contributed by atoms with Crippen molar-refractivity contribution < 1.29 is 14.3 Å². The zero-order chi connectivity index (χ0) is 18.9. The van der Waals surface area contributed by atoms with E-state index in [9.17, 15) is 9.59 Å². The summed E-state index contributed by atoms with van der Waals surface area (Å²) in [6.07, 6.45) is 3.60. The molecule has 1 aromatic rings. The molecule has 1 N–H and O–H groups in total. The molecule has 142 valence electrons. The summed E-state index contributed by atoms with van der Waals surface area (Å²) in [6.45, 7) is 8.33. The topological polar surface area (TPSA) is 58.6 Å². The predicted molar refractivity (Wildman–Crippen MR) is 101 cm³/mol. The van der Waals surface area contributed by atoms with E-state index in [0.717, 1.165) is 31.2 Å². The number of aryl methyl sites for hydroxylation is 1. The van der Waals surface area contributed by atoms with Crippen molar-refractivity contribution in [3.8, 4) is 0 Å². The van der Waals surface area contributed by atoms with Crippen LogP contribution in [0, 0.1) is 12.8 Å². The molecule has 2 amide bonds. The number of amides is 2. The zero-order valence-electron chi connectivity index (χ0n) is 16.2. The number of carbonyl (C=O) groups excluding carboxylic acids is 2.